The maximum atomic E-state index is 12.3. The first-order valence-corrected chi connectivity index (χ1v) is 23.9. The Kier molecular flexibility index (Phi) is 12.0. The predicted octanol–water partition coefficient (Wildman–Crippen LogP) is 2.92. The molecule has 2 aromatic carbocycles. The van der Waals surface area contributed by atoms with Crippen molar-refractivity contribution in [2.24, 2.45) is 47.3 Å². The Hall–Kier alpha value is -2.72. The molecule has 8 unspecified atom stereocenters. The number of carbonyl (C=O) groups is 2. The van der Waals surface area contributed by atoms with Gasteiger partial charge in [0.25, 0.3) is 5.91 Å². The minimum atomic E-state index is -1.14. The van der Waals surface area contributed by atoms with E-state index in [0.29, 0.717) is 49.3 Å². The second kappa shape index (κ2) is 17.4. The molecule has 326 valence electrons. The normalized spacial score (nSPS) is 43.7. The summed E-state index contributed by atoms with van der Waals surface area (Å²) in [5, 5.41) is 38.9. The van der Waals surface area contributed by atoms with E-state index in [1.165, 1.54) is 103 Å². The smallest absolute Gasteiger partial charge is 0.316 e. The fourth-order valence-electron chi connectivity index (χ4n) is 14.4. The van der Waals surface area contributed by atoms with E-state index in [0.717, 1.165) is 58.5 Å². The largest absolute Gasteiger partial charge is 0.322 e. The molecule has 6 heterocycles. The minimum Gasteiger partial charge on any atom is -0.316 e. The molecular formula is C47H72N10O2Si. The highest BCUT2D eigenvalue weighted by Crippen LogP contribution is 2.45. The maximum absolute atomic E-state index is 12.3. The summed E-state index contributed by atoms with van der Waals surface area (Å²) in [7, 11) is 0. The summed E-state index contributed by atoms with van der Waals surface area (Å²) in [5.41, 5.74) is 0.341. The van der Waals surface area contributed by atoms with Crippen LogP contribution in [0.3, 0.4) is 0 Å². The molecule has 8 atom stereocenters. The lowest BCUT2D eigenvalue weighted by atomic mass is 9.76. The van der Waals surface area contributed by atoms with E-state index in [1.54, 1.807) is 0 Å². The third kappa shape index (κ3) is 7.41. The summed E-state index contributed by atoms with van der Waals surface area (Å²) in [4.78, 5) is 23.9. The number of rotatable bonds is 2. The molecule has 10 N–H and O–H groups in total. The molecule has 0 spiro atoms. The Bertz CT molecular complexity index is 1560. The van der Waals surface area contributed by atoms with Crippen LogP contribution in [0.15, 0.2) is 60.7 Å². The Labute approximate surface area is 361 Å². The van der Waals surface area contributed by atoms with Gasteiger partial charge in [0.2, 0.25) is 0 Å². The molecule has 13 heteroatoms. The van der Waals surface area contributed by atoms with Gasteiger partial charge >= 0.3 is 6.03 Å². The van der Waals surface area contributed by atoms with Gasteiger partial charge < -0.3 is 5.32 Å². The maximum Gasteiger partial charge on any atom is 0.322 e. The van der Waals surface area contributed by atoms with Crippen LogP contribution >= 0.6 is 0 Å². The third-order valence-electron chi connectivity index (χ3n) is 17.1. The van der Waals surface area contributed by atoms with Crippen LogP contribution in [0.4, 0.5) is 4.79 Å². The lowest BCUT2D eigenvalue weighted by molar-refractivity contribution is -0.122. The zero-order chi connectivity index (χ0) is 39.5. The highest BCUT2D eigenvalue weighted by atomic mass is 28.1. The van der Waals surface area contributed by atoms with Gasteiger partial charge in [-0.3, -0.25) is 52.6 Å². The van der Waals surface area contributed by atoms with Crippen molar-refractivity contribution >= 4 is 22.9 Å². The molecular weight excluding hydrogens is 765 g/mol. The van der Waals surface area contributed by atoms with Crippen LogP contribution in [0, 0.1) is 47.3 Å². The molecule has 0 aromatic heterocycles. The van der Waals surface area contributed by atoms with Gasteiger partial charge in [-0.15, -0.1) is 0 Å². The van der Waals surface area contributed by atoms with Crippen LogP contribution in [0.2, 0.25) is 0 Å². The zero-order valence-electron chi connectivity index (χ0n) is 34.6. The first-order valence-electron chi connectivity index (χ1n) is 23.9. The molecule has 12 rings (SSSR count). The Morgan fingerprint density at radius 1 is 0.367 bits per heavy atom. The standard InChI is InChI=1S/C32H56N8.C15H12N2O2.H4Si/c1-2-10-18-17(9-1)25-33-26(18)38-28-21-13-5-6-14-22(21)30(35-28)40-32-24-16-8-7-15-23(24)31(36-32)39-29-20-12-4-3-11-19(20)27(34-29)37-25;18-13-15(17-14(19)16-13,11-7-3-1-4-8-11)12-9-5-2-6-10-12;/h17-40H,1-16H2;1-10H,(H2,16,17,18,19);1H4. The monoisotopic (exact) mass is 837 g/mol. The van der Waals surface area contributed by atoms with Gasteiger partial charge in [-0.05, 0) is 121 Å². The summed E-state index contributed by atoms with van der Waals surface area (Å²) in [6, 6.07) is 18.0. The van der Waals surface area contributed by atoms with E-state index in [4.69, 9.17) is 0 Å². The highest BCUT2D eigenvalue weighted by Gasteiger charge is 2.54. The van der Waals surface area contributed by atoms with E-state index in [1.807, 2.05) is 60.7 Å². The summed E-state index contributed by atoms with van der Waals surface area (Å²) >= 11 is 0. The van der Waals surface area contributed by atoms with Gasteiger partial charge in [0.1, 0.15) is 0 Å². The van der Waals surface area contributed by atoms with E-state index in [9.17, 15) is 9.59 Å². The van der Waals surface area contributed by atoms with Gasteiger partial charge in [0.05, 0.1) is 49.3 Å². The van der Waals surface area contributed by atoms with Gasteiger partial charge in [-0.25, -0.2) is 4.79 Å². The fourth-order valence-corrected chi connectivity index (χ4v) is 14.4. The summed E-state index contributed by atoms with van der Waals surface area (Å²) < 4.78 is 0. The van der Waals surface area contributed by atoms with E-state index >= 15 is 0 Å². The van der Waals surface area contributed by atoms with Crippen molar-refractivity contribution in [2.45, 2.75) is 158 Å². The number of amides is 3. The molecule has 6 aliphatic heterocycles. The Balaban J connectivity index is 0.000000183. The van der Waals surface area contributed by atoms with Crippen molar-refractivity contribution in [2.75, 3.05) is 0 Å². The van der Waals surface area contributed by atoms with E-state index in [-0.39, 0.29) is 16.9 Å². The highest BCUT2D eigenvalue weighted by molar-refractivity contribution is 6.09. The number of hydrogen-bond donors (Lipinski definition) is 10. The van der Waals surface area contributed by atoms with Crippen molar-refractivity contribution in [1.82, 2.24) is 53.2 Å². The quantitative estimate of drug-likeness (QED) is 0.162. The van der Waals surface area contributed by atoms with Gasteiger partial charge in [0, 0.05) is 0 Å². The van der Waals surface area contributed by atoms with Crippen molar-refractivity contribution in [3.05, 3.63) is 71.8 Å². The molecule has 8 bridgehead atoms. The van der Waals surface area contributed by atoms with Crippen LogP contribution in [0.5, 0.6) is 0 Å². The SMILES string of the molecule is C1CCC2C3NC(NC4NC(NC5NC(NC6NC(N3)C3CCCCC63)C3CCCCC53)C3CCCCC43)C2C1.O=C1NC(=O)C(c2ccccc2)(c2ccccc2)N1.[SiH4]. The Morgan fingerprint density at radius 2 is 0.600 bits per heavy atom. The predicted molar refractivity (Wildman–Crippen MR) is 239 cm³/mol. The fraction of sp³-hybridized carbons (Fsp3) is 0.702. The van der Waals surface area contributed by atoms with Crippen molar-refractivity contribution in [3.8, 4) is 0 Å². The lowest BCUT2D eigenvalue weighted by Crippen LogP contribution is -2.61. The number of carbonyl (C=O) groups excluding carboxylic acids is 2. The molecule has 4 aliphatic carbocycles. The second-order valence-electron chi connectivity index (χ2n) is 20.0. The number of fused-ring (bicyclic) bond motifs is 20. The summed E-state index contributed by atoms with van der Waals surface area (Å²) in [5.74, 6) is 5.62. The van der Waals surface area contributed by atoms with Crippen LogP contribution in [-0.2, 0) is 10.3 Å². The zero-order valence-corrected chi connectivity index (χ0v) is 34.6. The number of imide groups is 1. The summed E-state index contributed by atoms with van der Waals surface area (Å²) in [6.45, 7) is 0. The molecule has 12 nitrogen and oxygen atoms in total. The summed E-state index contributed by atoms with van der Waals surface area (Å²) in [6.07, 6.45) is 25.6. The Morgan fingerprint density at radius 3 is 0.800 bits per heavy atom. The van der Waals surface area contributed by atoms with E-state index in [2.05, 4.69) is 53.2 Å². The molecule has 6 saturated heterocycles. The molecule has 0 radical (unpaired) electrons. The first kappa shape index (κ1) is 41.3. The number of urea groups is 1. The number of nitrogens with one attached hydrogen (secondary N) is 10. The number of hydrogen-bond acceptors (Lipinski definition) is 10. The minimum absolute atomic E-state index is 0. The molecule has 60 heavy (non-hydrogen) atoms. The molecule has 10 aliphatic rings. The topological polar surface area (TPSA) is 154 Å². The second-order valence-corrected chi connectivity index (χ2v) is 20.0. The van der Waals surface area contributed by atoms with Crippen LogP contribution in [0.1, 0.15) is 114 Å². The van der Waals surface area contributed by atoms with E-state index < -0.39 is 11.6 Å². The molecule has 3 amide bonds. The van der Waals surface area contributed by atoms with Crippen molar-refractivity contribution in [1.29, 1.82) is 0 Å². The van der Waals surface area contributed by atoms with Crippen molar-refractivity contribution in [3.63, 3.8) is 0 Å². The first-order chi connectivity index (χ1) is 29.0. The average molecular weight is 837 g/mol. The van der Waals surface area contributed by atoms with Gasteiger partial charge in [0.15, 0.2) is 5.54 Å². The average Bonchev–Trinajstić information content (AvgIpc) is 4.08. The van der Waals surface area contributed by atoms with Crippen LogP contribution in [-0.4, -0.2) is 72.2 Å². The number of benzene rings is 2. The van der Waals surface area contributed by atoms with Crippen LogP contribution < -0.4 is 53.2 Å². The molecule has 4 saturated carbocycles. The van der Waals surface area contributed by atoms with Gasteiger partial charge in [-0.1, -0.05) is 112 Å². The van der Waals surface area contributed by atoms with Gasteiger partial charge in [-0.2, -0.15) is 0 Å². The van der Waals surface area contributed by atoms with Crippen LogP contribution in [0.25, 0.3) is 0 Å². The third-order valence-corrected chi connectivity index (χ3v) is 17.1. The lowest BCUT2D eigenvalue weighted by Gasteiger charge is -2.35. The van der Waals surface area contributed by atoms with Crippen molar-refractivity contribution < 1.29 is 9.59 Å². The molecule has 10 fully saturated rings. The molecule has 2 aromatic rings.